The predicted octanol–water partition coefficient (Wildman–Crippen LogP) is 0.225. The molecule has 1 aliphatic rings. The molecule has 0 unspecified atom stereocenters. The molecule has 1 aromatic rings. The van der Waals surface area contributed by atoms with E-state index in [0.717, 1.165) is 6.07 Å². The van der Waals surface area contributed by atoms with Gasteiger partial charge in [-0.3, -0.25) is 9.59 Å². The first-order valence-electron chi connectivity index (χ1n) is 3.97. The number of aromatic carboxylic acids is 1. The fourth-order valence-electron chi connectivity index (χ4n) is 1.39. The van der Waals surface area contributed by atoms with E-state index in [4.69, 9.17) is 5.11 Å². The highest BCUT2D eigenvalue weighted by Gasteiger charge is 2.33. The van der Waals surface area contributed by atoms with E-state index in [1.165, 1.54) is 6.07 Å². The van der Waals surface area contributed by atoms with Crippen LogP contribution >= 0.6 is 0 Å². The summed E-state index contributed by atoms with van der Waals surface area (Å²) in [6, 6.07) is 2.39. The van der Waals surface area contributed by atoms with Crippen molar-refractivity contribution < 1.29 is 24.6 Å². The van der Waals surface area contributed by atoms with Crippen molar-refractivity contribution in [2.24, 2.45) is 0 Å². The minimum absolute atomic E-state index is 0.132. The molecule has 0 saturated heterocycles. The van der Waals surface area contributed by atoms with E-state index in [9.17, 15) is 19.5 Å². The number of carboxylic acid groups (broad SMARTS) is 1. The molecule has 2 rings (SSSR count). The largest absolute Gasteiger partial charge is 0.506 e. The second-order valence-electron chi connectivity index (χ2n) is 2.97. The molecule has 1 aliphatic heterocycles. The third-order valence-corrected chi connectivity index (χ3v) is 2.09. The van der Waals surface area contributed by atoms with Crippen molar-refractivity contribution in [2.75, 3.05) is 5.32 Å². The lowest BCUT2D eigenvalue weighted by molar-refractivity contribution is -0.112. The van der Waals surface area contributed by atoms with Crippen LogP contribution in [0.1, 0.15) is 20.7 Å². The number of amides is 1. The van der Waals surface area contributed by atoms with E-state index in [1.54, 1.807) is 0 Å². The molecule has 0 fully saturated rings. The van der Waals surface area contributed by atoms with E-state index < -0.39 is 29.0 Å². The molecule has 76 valence electrons. The van der Waals surface area contributed by atoms with Gasteiger partial charge in [-0.25, -0.2) is 4.79 Å². The number of Topliss-reactive ketones (excluding diaryl/α,β-unsaturated/α-hetero) is 1. The maximum atomic E-state index is 11.2. The lowest BCUT2D eigenvalue weighted by atomic mass is 10.1. The first-order valence-corrected chi connectivity index (χ1v) is 3.97. The second kappa shape index (κ2) is 2.81. The molecule has 1 aromatic carbocycles. The molecule has 6 heteroatoms. The number of carboxylic acids is 1. The van der Waals surface area contributed by atoms with Crippen molar-refractivity contribution in [3.8, 4) is 5.75 Å². The Kier molecular flexibility index (Phi) is 1.72. The smallest absolute Gasteiger partial charge is 0.339 e. The van der Waals surface area contributed by atoms with Gasteiger partial charge in [0, 0.05) is 0 Å². The topological polar surface area (TPSA) is 104 Å². The number of fused-ring (bicyclic) bond motifs is 1. The highest BCUT2D eigenvalue weighted by molar-refractivity contribution is 6.52. The van der Waals surface area contributed by atoms with Gasteiger partial charge in [-0.05, 0) is 12.1 Å². The zero-order valence-electron chi connectivity index (χ0n) is 7.27. The first-order chi connectivity index (χ1) is 7.02. The van der Waals surface area contributed by atoms with Crippen molar-refractivity contribution in [1.82, 2.24) is 0 Å². The Morgan fingerprint density at radius 1 is 1.27 bits per heavy atom. The van der Waals surface area contributed by atoms with Crippen molar-refractivity contribution in [1.29, 1.82) is 0 Å². The third-order valence-electron chi connectivity index (χ3n) is 2.09. The van der Waals surface area contributed by atoms with E-state index in [1.807, 2.05) is 0 Å². The van der Waals surface area contributed by atoms with Gasteiger partial charge in [0.25, 0.3) is 11.7 Å². The van der Waals surface area contributed by atoms with Gasteiger partial charge >= 0.3 is 5.97 Å². The molecule has 0 aliphatic carbocycles. The molecule has 15 heavy (non-hydrogen) atoms. The van der Waals surface area contributed by atoms with Crippen LogP contribution in [0.15, 0.2) is 12.1 Å². The Hall–Kier alpha value is -2.37. The molecule has 3 N–H and O–H groups in total. The summed E-state index contributed by atoms with van der Waals surface area (Å²) in [6.45, 7) is 0. The Bertz CT molecular complexity index is 505. The summed E-state index contributed by atoms with van der Waals surface area (Å²) in [5.41, 5.74) is -0.550. The van der Waals surface area contributed by atoms with Gasteiger partial charge in [0.15, 0.2) is 0 Å². The Morgan fingerprint density at radius 2 is 1.93 bits per heavy atom. The van der Waals surface area contributed by atoms with Crippen LogP contribution in [-0.2, 0) is 4.79 Å². The van der Waals surface area contributed by atoms with Gasteiger partial charge < -0.3 is 15.5 Å². The van der Waals surface area contributed by atoms with Gasteiger partial charge in [0.2, 0.25) is 0 Å². The maximum absolute atomic E-state index is 11.2. The van der Waals surface area contributed by atoms with Gasteiger partial charge in [0.1, 0.15) is 11.3 Å². The number of carbonyl (C=O) groups excluding carboxylic acids is 2. The monoisotopic (exact) mass is 207 g/mol. The van der Waals surface area contributed by atoms with E-state index in [0.29, 0.717) is 0 Å². The van der Waals surface area contributed by atoms with Gasteiger partial charge in [0.05, 0.1) is 11.3 Å². The molecule has 0 bridgehead atoms. The third kappa shape index (κ3) is 1.15. The normalized spacial score (nSPS) is 13.6. The lowest BCUT2D eigenvalue weighted by Gasteiger charge is -2.02. The summed E-state index contributed by atoms with van der Waals surface area (Å²) in [5.74, 6) is -3.83. The minimum Gasteiger partial charge on any atom is -0.506 e. The predicted molar refractivity (Wildman–Crippen MR) is 48.0 cm³/mol. The fourth-order valence-corrected chi connectivity index (χ4v) is 1.39. The average Bonchev–Trinajstić information content (AvgIpc) is 2.43. The zero-order valence-corrected chi connectivity index (χ0v) is 7.27. The number of rotatable bonds is 1. The van der Waals surface area contributed by atoms with Crippen LogP contribution < -0.4 is 5.32 Å². The molecule has 0 aromatic heterocycles. The second-order valence-corrected chi connectivity index (χ2v) is 2.97. The number of nitrogens with one attached hydrogen (secondary N) is 1. The van der Waals surface area contributed by atoms with Gasteiger partial charge in [-0.2, -0.15) is 0 Å². The van der Waals surface area contributed by atoms with Crippen LogP contribution in [0.5, 0.6) is 5.75 Å². The number of hydrogen-bond donors (Lipinski definition) is 3. The average molecular weight is 207 g/mol. The SMILES string of the molecule is O=C1Nc2ccc(C(=O)O)c(O)c2C1=O. The van der Waals surface area contributed by atoms with Crippen LogP contribution in [0.2, 0.25) is 0 Å². The summed E-state index contributed by atoms with van der Waals surface area (Å²) < 4.78 is 0. The van der Waals surface area contributed by atoms with Crippen LogP contribution in [0, 0.1) is 0 Å². The number of ketones is 1. The standard InChI is InChI=1S/C9H5NO5/c11-6-3(9(14)15)1-2-4-5(6)7(12)8(13)10-4/h1-2,11H,(H,14,15)(H,10,12,13). The van der Waals surface area contributed by atoms with Crippen molar-refractivity contribution in [3.63, 3.8) is 0 Å². The number of phenols is 1. The molecule has 1 heterocycles. The van der Waals surface area contributed by atoms with E-state index >= 15 is 0 Å². The van der Waals surface area contributed by atoms with Crippen molar-refractivity contribution >= 4 is 23.3 Å². The van der Waals surface area contributed by atoms with Crippen LogP contribution in [0.4, 0.5) is 5.69 Å². The Labute approximate surface area is 83.1 Å². The summed E-state index contributed by atoms with van der Waals surface area (Å²) in [5, 5.41) is 20.4. The molecule has 0 radical (unpaired) electrons. The molecular formula is C9H5NO5. The number of aromatic hydroxyl groups is 1. The summed E-state index contributed by atoms with van der Waals surface area (Å²) in [7, 11) is 0. The number of hydrogen-bond acceptors (Lipinski definition) is 4. The molecule has 0 atom stereocenters. The van der Waals surface area contributed by atoms with Crippen LogP contribution in [-0.4, -0.2) is 27.9 Å². The maximum Gasteiger partial charge on any atom is 0.339 e. The van der Waals surface area contributed by atoms with Crippen LogP contribution in [0.25, 0.3) is 0 Å². The van der Waals surface area contributed by atoms with E-state index in [2.05, 4.69) is 5.32 Å². The van der Waals surface area contributed by atoms with Crippen molar-refractivity contribution in [3.05, 3.63) is 23.3 Å². The number of anilines is 1. The fraction of sp³-hybridized carbons (Fsp3) is 0. The summed E-state index contributed by atoms with van der Waals surface area (Å²) >= 11 is 0. The van der Waals surface area contributed by atoms with E-state index in [-0.39, 0.29) is 11.3 Å². The zero-order chi connectivity index (χ0) is 11.2. The summed E-state index contributed by atoms with van der Waals surface area (Å²) in [6.07, 6.45) is 0. The highest BCUT2D eigenvalue weighted by Crippen LogP contribution is 2.33. The molecular weight excluding hydrogens is 202 g/mol. The Balaban J connectivity index is 2.70. The molecule has 6 nitrogen and oxygen atoms in total. The molecule has 0 spiro atoms. The van der Waals surface area contributed by atoms with Crippen molar-refractivity contribution in [2.45, 2.75) is 0 Å². The minimum atomic E-state index is -1.36. The summed E-state index contributed by atoms with van der Waals surface area (Å²) in [4.78, 5) is 32.8. The molecule has 0 saturated carbocycles. The lowest BCUT2D eigenvalue weighted by Crippen LogP contribution is -2.12. The van der Waals surface area contributed by atoms with Gasteiger partial charge in [-0.1, -0.05) is 0 Å². The molecule has 1 amide bonds. The number of benzene rings is 1. The van der Waals surface area contributed by atoms with Crippen LogP contribution in [0.3, 0.4) is 0 Å². The number of carbonyl (C=O) groups is 3. The van der Waals surface area contributed by atoms with Gasteiger partial charge in [-0.15, -0.1) is 0 Å². The first kappa shape index (κ1) is 9.20. The Morgan fingerprint density at radius 3 is 2.53 bits per heavy atom. The highest BCUT2D eigenvalue weighted by atomic mass is 16.4. The quantitative estimate of drug-likeness (QED) is 0.571.